The molecule has 8 heteroatoms. The van der Waals surface area contributed by atoms with Gasteiger partial charge in [-0.15, -0.1) is 0 Å². The van der Waals surface area contributed by atoms with Gasteiger partial charge >= 0.3 is 6.03 Å². The minimum absolute atomic E-state index is 0.261. The lowest BCUT2D eigenvalue weighted by Crippen LogP contribution is -2.35. The molecule has 0 unspecified atom stereocenters. The molecule has 0 aliphatic rings. The number of rotatable bonds is 6. The SMILES string of the molecule is COc1cc(/C=C(/C#N)C(=O)NC(N)=O)ccc1OCc1ccc(I)cc1. The van der Waals surface area contributed by atoms with Crippen LogP contribution >= 0.6 is 22.6 Å². The number of benzene rings is 2. The van der Waals surface area contributed by atoms with Gasteiger partial charge in [-0.1, -0.05) is 18.2 Å². The molecule has 0 aromatic heterocycles. The van der Waals surface area contributed by atoms with Crippen LogP contribution in [-0.4, -0.2) is 19.0 Å². The number of halogens is 1. The van der Waals surface area contributed by atoms with Crippen molar-refractivity contribution in [2.75, 3.05) is 7.11 Å². The van der Waals surface area contributed by atoms with Gasteiger partial charge in [-0.05, 0) is 64.1 Å². The van der Waals surface area contributed by atoms with Crippen LogP contribution in [0.2, 0.25) is 0 Å². The third kappa shape index (κ3) is 6.00. The van der Waals surface area contributed by atoms with Crippen LogP contribution < -0.4 is 20.5 Å². The summed E-state index contributed by atoms with van der Waals surface area (Å²) >= 11 is 2.23. The minimum atomic E-state index is -1.03. The smallest absolute Gasteiger partial charge is 0.319 e. The van der Waals surface area contributed by atoms with E-state index in [9.17, 15) is 9.59 Å². The van der Waals surface area contributed by atoms with Crippen molar-refractivity contribution < 1.29 is 19.1 Å². The summed E-state index contributed by atoms with van der Waals surface area (Å²) in [5.41, 5.74) is 6.17. The molecule has 0 saturated carbocycles. The molecule has 0 spiro atoms. The molecule has 0 aliphatic carbocycles. The van der Waals surface area contributed by atoms with Gasteiger partial charge in [0, 0.05) is 3.57 Å². The number of ether oxygens (including phenoxy) is 2. The highest BCUT2D eigenvalue weighted by atomic mass is 127. The van der Waals surface area contributed by atoms with Crippen LogP contribution in [0.25, 0.3) is 6.08 Å². The number of nitrogens with zero attached hydrogens (tertiary/aromatic N) is 1. The monoisotopic (exact) mass is 477 g/mol. The van der Waals surface area contributed by atoms with E-state index in [1.165, 1.54) is 13.2 Å². The molecule has 7 nitrogen and oxygen atoms in total. The molecular formula is C19H16IN3O4. The van der Waals surface area contributed by atoms with Crippen molar-refractivity contribution >= 4 is 40.6 Å². The number of nitrogens with two attached hydrogens (primary N) is 1. The van der Waals surface area contributed by atoms with Crippen LogP contribution in [-0.2, 0) is 11.4 Å². The predicted octanol–water partition coefficient (Wildman–Crippen LogP) is 2.98. The number of primary amides is 1. The second-order valence-electron chi connectivity index (χ2n) is 5.31. The number of imide groups is 1. The molecule has 3 amide bonds. The van der Waals surface area contributed by atoms with Gasteiger partial charge in [-0.3, -0.25) is 10.1 Å². The fraction of sp³-hybridized carbons (Fsp3) is 0.105. The Morgan fingerprint density at radius 2 is 1.93 bits per heavy atom. The lowest BCUT2D eigenvalue weighted by atomic mass is 10.1. The van der Waals surface area contributed by atoms with Crippen molar-refractivity contribution in [1.29, 1.82) is 5.26 Å². The Kier molecular flexibility index (Phi) is 7.19. The van der Waals surface area contributed by atoms with Gasteiger partial charge in [0.2, 0.25) is 0 Å². The first kappa shape index (κ1) is 20.3. The highest BCUT2D eigenvalue weighted by Gasteiger charge is 2.12. The summed E-state index contributed by atoms with van der Waals surface area (Å²) in [6.45, 7) is 0.368. The van der Waals surface area contributed by atoms with E-state index in [1.54, 1.807) is 24.3 Å². The second-order valence-corrected chi connectivity index (χ2v) is 6.56. The third-order valence-electron chi connectivity index (χ3n) is 3.41. The van der Waals surface area contributed by atoms with Gasteiger partial charge in [-0.25, -0.2) is 4.79 Å². The van der Waals surface area contributed by atoms with Crippen LogP contribution in [0.15, 0.2) is 48.0 Å². The molecule has 3 N–H and O–H groups in total. The van der Waals surface area contributed by atoms with Crippen LogP contribution in [0.3, 0.4) is 0 Å². The van der Waals surface area contributed by atoms with Gasteiger partial charge in [0.1, 0.15) is 18.2 Å². The summed E-state index contributed by atoms with van der Waals surface area (Å²) in [6.07, 6.45) is 1.32. The molecule has 0 heterocycles. The van der Waals surface area contributed by atoms with E-state index < -0.39 is 11.9 Å². The summed E-state index contributed by atoms with van der Waals surface area (Å²) in [6, 6.07) is 13.6. The number of carbonyl (C=O) groups excluding carboxylic acids is 2. The third-order valence-corrected chi connectivity index (χ3v) is 4.13. The standard InChI is InChI=1S/C19H16IN3O4/c1-26-17-9-13(8-14(10-21)18(24)23-19(22)25)4-7-16(17)27-11-12-2-5-15(20)6-3-12/h2-9H,11H2,1H3,(H3,22,23,24,25)/b14-8-. The van der Waals surface area contributed by atoms with Crippen molar-refractivity contribution in [3.8, 4) is 17.6 Å². The highest BCUT2D eigenvalue weighted by Crippen LogP contribution is 2.29. The van der Waals surface area contributed by atoms with Gasteiger partial charge in [0.25, 0.3) is 5.91 Å². The first-order chi connectivity index (χ1) is 12.9. The maximum Gasteiger partial charge on any atom is 0.319 e. The molecule has 2 rings (SSSR count). The van der Waals surface area contributed by atoms with E-state index in [1.807, 2.05) is 29.6 Å². The van der Waals surface area contributed by atoms with Crippen molar-refractivity contribution in [2.24, 2.45) is 5.73 Å². The van der Waals surface area contributed by atoms with Crippen molar-refractivity contribution in [2.45, 2.75) is 6.61 Å². The molecule has 0 saturated heterocycles. The minimum Gasteiger partial charge on any atom is -0.493 e. The lowest BCUT2D eigenvalue weighted by molar-refractivity contribution is -0.115. The van der Waals surface area contributed by atoms with Crippen LogP contribution in [0.4, 0.5) is 4.79 Å². The molecule has 0 radical (unpaired) electrons. The molecule has 0 bridgehead atoms. The Labute approximate surface area is 169 Å². The molecule has 138 valence electrons. The van der Waals surface area contributed by atoms with E-state index >= 15 is 0 Å². The fourth-order valence-corrected chi connectivity index (χ4v) is 2.49. The maximum atomic E-state index is 11.7. The van der Waals surface area contributed by atoms with Crippen LogP contribution in [0, 0.1) is 14.9 Å². The average molecular weight is 477 g/mol. The van der Waals surface area contributed by atoms with Gasteiger partial charge in [-0.2, -0.15) is 5.26 Å². The molecule has 0 fully saturated rings. The molecule has 0 atom stereocenters. The van der Waals surface area contributed by atoms with E-state index in [0.717, 1.165) is 9.13 Å². The number of carbonyl (C=O) groups is 2. The summed E-state index contributed by atoms with van der Waals surface area (Å²) < 4.78 is 12.2. The van der Waals surface area contributed by atoms with Gasteiger partial charge < -0.3 is 15.2 Å². The molecule has 2 aromatic carbocycles. The first-order valence-electron chi connectivity index (χ1n) is 7.70. The predicted molar refractivity (Wildman–Crippen MR) is 108 cm³/mol. The second kappa shape index (κ2) is 9.59. The molecule has 0 aliphatic heterocycles. The largest absolute Gasteiger partial charge is 0.493 e. The molecule has 27 heavy (non-hydrogen) atoms. The van der Waals surface area contributed by atoms with E-state index in [-0.39, 0.29) is 5.57 Å². The lowest BCUT2D eigenvalue weighted by Gasteiger charge is -2.11. The number of hydrogen-bond donors (Lipinski definition) is 2. The van der Waals surface area contributed by atoms with Crippen LogP contribution in [0.5, 0.6) is 11.5 Å². The van der Waals surface area contributed by atoms with E-state index in [2.05, 4.69) is 22.6 Å². The zero-order chi connectivity index (χ0) is 19.8. The normalized spacial score (nSPS) is 10.6. The summed E-state index contributed by atoms with van der Waals surface area (Å²) in [5, 5.41) is 10.9. The quantitative estimate of drug-likeness (QED) is 0.377. The average Bonchev–Trinajstić information content (AvgIpc) is 2.65. The maximum absolute atomic E-state index is 11.7. The zero-order valence-corrected chi connectivity index (χ0v) is 16.5. The van der Waals surface area contributed by atoms with Gasteiger partial charge in [0.15, 0.2) is 11.5 Å². The Balaban J connectivity index is 2.18. The number of methoxy groups -OCH3 is 1. The topological polar surface area (TPSA) is 114 Å². The Hall–Kier alpha value is -3.06. The summed E-state index contributed by atoms with van der Waals surface area (Å²) in [5.74, 6) is 0.0955. The number of urea groups is 1. The number of amides is 3. The van der Waals surface area contributed by atoms with Crippen molar-refractivity contribution in [3.63, 3.8) is 0 Å². The van der Waals surface area contributed by atoms with Crippen molar-refractivity contribution in [1.82, 2.24) is 5.32 Å². The Morgan fingerprint density at radius 1 is 1.22 bits per heavy atom. The zero-order valence-electron chi connectivity index (χ0n) is 14.4. The van der Waals surface area contributed by atoms with Gasteiger partial charge in [0.05, 0.1) is 7.11 Å². The van der Waals surface area contributed by atoms with E-state index in [4.69, 9.17) is 20.5 Å². The number of hydrogen-bond acceptors (Lipinski definition) is 5. The summed E-state index contributed by atoms with van der Waals surface area (Å²) in [4.78, 5) is 22.5. The molecular weight excluding hydrogens is 461 g/mol. The van der Waals surface area contributed by atoms with E-state index in [0.29, 0.717) is 23.7 Å². The number of nitrogens with one attached hydrogen (secondary N) is 1. The number of nitriles is 1. The Morgan fingerprint density at radius 3 is 2.52 bits per heavy atom. The molecule has 2 aromatic rings. The summed E-state index contributed by atoms with van der Waals surface area (Å²) in [7, 11) is 1.49. The first-order valence-corrected chi connectivity index (χ1v) is 8.78. The fourth-order valence-electron chi connectivity index (χ4n) is 2.13. The highest BCUT2D eigenvalue weighted by molar-refractivity contribution is 14.1. The Bertz CT molecular complexity index is 918. The van der Waals surface area contributed by atoms with Crippen LogP contribution in [0.1, 0.15) is 11.1 Å². The van der Waals surface area contributed by atoms with Crippen molar-refractivity contribution in [3.05, 3.63) is 62.7 Å².